The van der Waals surface area contributed by atoms with E-state index in [2.05, 4.69) is 5.32 Å². The molecule has 0 fully saturated rings. The van der Waals surface area contributed by atoms with Crippen molar-refractivity contribution in [2.24, 2.45) is 5.73 Å². The zero-order valence-electron chi connectivity index (χ0n) is 8.39. The van der Waals surface area contributed by atoms with Crippen LogP contribution in [-0.2, 0) is 4.79 Å². The summed E-state index contributed by atoms with van der Waals surface area (Å²) < 4.78 is 0. The molecule has 1 aliphatic rings. The third-order valence-corrected chi connectivity index (χ3v) is 2.65. The van der Waals surface area contributed by atoms with Crippen molar-refractivity contribution < 1.29 is 4.79 Å². The van der Waals surface area contributed by atoms with Crippen LogP contribution in [0.4, 0.5) is 0 Å². The Kier molecular flexibility index (Phi) is 2.83. The van der Waals surface area contributed by atoms with Gasteiger partial charge in [0.2, 0.25) is 5.91 Å². The zero-order chi connectivity index (χ0) is 10.7. The second kappa shape index (κ2) is 4.28. The summed E-state index contributed by atoms with van der Waals surface area (Å²) in [7, 11) is 0. The Hall–Kier alpha value is -1.61. The summed E-state index contributed by atoms with van der Waals surface area (Å²) in [6, 6.07) is 9.63. The lowest BCUT2D eigenvalue weighted by Crippen LogP contribution is -2.47. The van der Waals surface area contributed by atoms with Gasteiger partial charge in [-0.3, -0.25) is 4.79 Å². The fraction of sp³-hybridized carbons (Fsp3) is 0.250. The summed E-state index contributed by atoms with van der Waals surface area (Å²) in [5.41, 5.74) is 6.48. The van der Waals surface area contributed by atoms with Crippen molar-refractivity contribution in [3.05, 3.63) is 48.0 Å². The Morgan fingerprint density at radius 2 is 2.07 bits per heavy atom. The largest absolute Gasteiger partial charge is 0.368 e. The highest BCUT2D eigenvalue weighted by molar-refractivity contribution is 5.81. The van der Waals surface area contributed by atoms with E-state index in [1.54, 1.807) is 0 Å². The van der Waals surface area contributed by atoms with E-state index in [0.717, 1.165) is 5.56 Å². The van der Waals surface area contributed by atoms with E-state index >= 15 is 0 Å². The number of hydrogen-bond donors (Lipinski definition) is 2. The predicted octanol–water partition coefficient (Wildman–Crippen LogP) is 0.783. The number of amides is 1. The Labute approximate surface area is 89.0 Å². The van der Waals surface area contributed by atoms with Crippen LogP contribution in [0.15, 0.2) is 42.5 Å². The molecule has 3 N–H and O–H groups in total. The van der Waals surface area contributed by atoms with Crippen molar-refractivity contribution in [1.29, 1.82) is 0 Å². The number of benzene rings is 1. The first-order valence-electron chi connectivity index (χ1n) is 5.03. The maximum atomic E-state index is 11.3. The number of rotatable bonds is 2. The average molecular weight is 202 g/mol. The average Bonchev–Trinajstić information content (AvgIpc) is 2.30. The minimum atomic E-state index is -0.298. The molecule has 0 aliphatic carbocycles. The minimum Gasteiger partial charge on any atom is -0.368 e. The molecule has 2 rings (SSSR count). The molecule has 1 aromatic carbocycles. The molecule has 0 saturated heterocycles. The van der Waals surface area contributed by atoms with Gasteiger partial charge < -0.3 is 11.1 Å². The van der Waals surface area contributed by atoms with E-state index in [-0.39, 0.29) is 17.9 Å². The van der Waals surface area contributed by atoms with Crippen molar-refractivity contribution in [3.63, 3.8) is 0 Å². The lowest BCUT2D eigenvalue weighted by molar-refractivity contribution is -0.120. The van der Waals surface area contributed by atoms with Crippen LogP contribution in [0.25, 0.3) is 0 Å². The Morgan fingerprint density at radius 1 is 1.33 bits per heavy atom. The van der Waals surface area contributed by atoms with Crippen LogP contribution >= 0.6 is 0 Å². The molecular weight excluding hydrogens is 188 g/mol. The maximum absolute atomic E-state index is 11.3. The maximum Gasteiger partial charge on any atom is 0.235 e. The summed E-state index contributed by atoms with van der Waals surface area (Å²) >= 11 is 0. The van der Waals surface area contributed by atoms with Gasteiger partial charge in [0.25, 0.3) is 0 Å². The van der Waals surface area contributed by atoms with Crippen LogP contribution in [0.3, 0.4) is 0 Å². The zero-order valence-corrected chi connectivity index (χ0v) is 8.39. The topological polar surface area (TPSA) is 55.1 Å². The SMILES string of the molecule is NC(=O)C1NCC=CC1c1ccccc1. The van der Waals surface area contributed by atoms with E-state index < -0.39 is 0 Å². The van der Waals surface area contributed by atoms with Crippen LogP contribution in [0, 0.1) is 0 Å². The number of hydrogen-bond acceptors (Lipinski definition) is 2. The summed E-state index contributed by atoms with van der Waals surface area (Å²) in [6.07, 6.45) is 4.07. The van der Waals surface area contributed by atoms with Gasteiger partial charge in [0, 0.05) is 12.5 Å². The second-order valence-corrected chi connectivity index (χ2v) is 3.65. The van der Waals surface area contributed by atoms with Gasteiger partial charge in [0.1, 0.15) is 0 Å². The number of carbonyl (C=O) groups excluding carboxylic acids is 1. The van der Waals surface area contributed by atoms with Gasteiger partial charge in [0.15, 0.2) is 0 Å². The molecule has 2 unspecified atom stereocenters. The smallest absolute Gasteiger partial charge is 0.235 e. The van der Waals surface area contributed by atoms with Gasteiger partial charge in [-0.05, 0) is 5.56 Å². The Balaban J connectivity index is 2.29. The predicted molar refractivity (Wildman–Crippen MR) is 59.3 cm³/mol. The van der Waals surface area contributed by atoms with E-state index in [4.69, 9.17) is 5.73 Å². The van der Waals surface area contributed by atoms with E-state index in [1.165, 1.54) is 0 Å². The lowest BCUT2D eigenvalue weighted by Gasteiger charge is -2.26. The van der Waals surface area contributed by atoms with Crippen LogP contribution in [0.5, 0.6) is 0 Å². The number of carbonyl (C=O) groups is 1. The number of nitrogens with one attached hydrogen (secondary N) is 1. The van der Waals surface area contributed by atoms with Crippen LogP contribution in [0.2, 0.25) is 0 Å². The van der Waals surface area contributed by atoms with Gasteiger partial charge in [-0.25, -0.2) is 0 Å². The fourth-order valence-electron chi connectivity index (χ4n) is 1.90. The third-order valence-electron chi connectivity index (χ3n) is 2.65. The van der Waals surface area contributed by atoms with Crippen molar-refractivity contribution in [3.8, 4) is 0 Å². The highest BCUT2D eigenvalue weighted by Gasteiger charge is 2.26. The monoisotopic (exact) mass is 202 g/mol. The molecule has 0 spiro atoms. The summed E-state index contributed by atoms with van der Waals surface area (Å²) in [4.78, 5) is 11.3. The molecule has 0 bridgehead atoms. The molecule has 3 heteroatoms. The number of primary amides is 1. The molecule has 15 heavy (non-hydrogen) atoms. The molecule has 0 aromatic heterocycles. The lowest BCUT2D eigenvalue weighted by atomic mass is 9.89. The Bertz CT molecular complexity index is 372. The van der Waals surface area contributed by atoms with Crippen LogP contribution in [0.1, 0.15) is 11.5 Å². The summed E-state index contributed by atoms with van der Waals surface area (Å²) in [6.45, 7) is 0.705. The molecule has 1 amide bonds. The van der Waals surface area contributed by atoms with Gasteiger partial charge in [0.05, 0.1) is 6.04 Å². The van der Waals surface area contributed by atoms with Crippen molar-refractivity contribution in [2.45, 2.75) is 12.0 Å². The molecule has 1 heterocycles. The standard InChI is InChI=1S/C12H14N2O/c13-12(15)11-10(7-4-8-14-11)9-5-2-1-3-6-9/h1-7,10-11,14H,8H2,(H2,13,15). The van der Waals surface area contributed by atoms with Gasteiger partial charge in [-0.15, -0.1) is 0 Å². The molecule has 1 aromatic rings. The normalized spacial score (nSPS) is 25.1. The molecule has 2 atom stereocenters. The highest BCUT2D eigenvalue weighted by Crippen LogP contribution is 2.23. The minimum absolute atomic E-state index is 0.0532. The molecule has 0 radical (unpaired) electrons. The molecule has 3 nitrogen and oxygen atoms in total. The molecule has 0 saturated carbocycles. The van der Waals surface area contributed by atoms with E-state index in [9.17, 15) is 4.79 Å². The van der Waals surface area contributed by atoms with Crippen LogP contribution in [-0.4, -0.2) is 18.5 Å². The van der Waals surface area contributed by atoms with Crippen LogP contribution < -0.4 is 11.1 Å². The van der Waals surface area contributed by atoms with Crippen molar-refractivity contribution >= 4 is 5.91 Å². The summed E-state index contributed by atoms with van der Waals surface area (Å²) in [5, 5.41) is 3.11. The third kappa shape index (κ3) is 2.07. The van der Waals surface area contributed by atoms with Gasteiger partial charge in [-0.2, -0.15) is 0 Å². The van der Waals surface area contributed by atoms with Gasteiger partial charge in [-0.1, -0.05) is 42.5 Å². The first-order chi connectivity index (χ1) is 7.29. The summed E-state index contributed by atoms with van der Waals surface area (Å²) in [5.74, 6) is -0.245. The molecule has 78 valence electrons. The van der Waals surface area contributed by atoms with Crippen molar-refractivity contribution in [1.82, 2.24) is 5.32 Å². The molecular formula is C12H14N2O. The van der Waals surface area contributed by atoms with E-state index in [0.29, 0.717) is 6.54 Å². The molecule has 1 aliphatic heterocycles. The fourth-order valence-corrected chi connectivity index (χ4v) is 1.90. The first-order valence-corrected chi connectivity index (χ1v) is 5.03. The second-order valence-electron chi connectivity index (χ2n) is 3.65. The van der Waals surface area contributed by atoms with E-state index in [1.807, 2.05) is 42.5 Å². The van der Waals surface area contributed by atoms with Crippen molar-refractivity contribution in [2.75, 3.05) is 6.54 Å². The first kappa shape index (κ1) is 9.93. The quantitative estimate of drug-likeness (QED) is 0.696. The van der Waals surface area contributed by atoms with Gasteiger partial charge >= 0.3 is 0 Å². The highest BCUT2D eigenvalue weighted by atomic mass is 16.1. The Morgan fingerprint density at radius 3 is 2.73 bits per heavy atom. The number of nitrogens with two attached hydrogens (primary N) is 1.